The summed E-state index contributed by atoms with van der Waals surface area (Å²) in [5, 5.41) is 60.6. The summed E-state index contributed by atoms with van der Waals surface area (Å²) >= 11 is 0. The summed E-state index contributed by atoms with van der Waals surface area (Å²) in [6, 6.07) is -0.895. The first-order valence-electron chi connectivity index (χ1n) is 7.93. The highest BCUT2D eigenvalue weighted by Gasteiger charge is 2.50. The number of aliphatic hydroxyl groups excluding tert-OH is 5. The number of nitrogens with one attached hydrogen (secondary N) is 1. The number of rotatable bonds is 5. The summed E-state index contributed by atoms with van der Waals surface area (Å²) in [5.41, 5.74) is 0. The number of amides is 1. The molecule has 2 aliphatic rings. The van der Waals surface area contributed by atoms with Gasteiger partial charge in [0.15, 0.2) is 12.4 Å². The fraction of sp³-hybridized carbons (Fsp3) is 0.857. The second kappa shape index (κ2) is 8.54. The Balaban J connectivity index is 2.19. The Morgan fingerprint density at radius 1 is 1.12 bits per heavy atom. The van der Waals surface area contributed by atoms with Gasteiger partial charge >= 0.3 is 5.97 Å². The van der Waals surface area contributed by atoms with Crippen molar-refractivity contribution in [3.8, 4) is 0 Å². The van der Waals surface area contributed by atoms with Crippen LogP contribution in [0.1, 0.15) is 6.92 Å². The van der Waals surface area contributed by atoms with Crippen molar-refractivity contribution >= 4 is 11.9 Å². The summed E-state index contributed by atoms with van der Waals surface area (Å²) in [5.74, 6) is -2.05. The minimum Gasteiger partial charge on any atom is -0.479 e. The average molecular weight is 381 g/mol. The zero-order valence-corrected chi connectivity index (χ0v) is 13.8. The number of hydrogen-bond acceptors (Lipinski definition) is 10. The minimum absolute atomic E-state index is 0.136. The molecule has 0 radical (unpaired) electrons. The molecule has 2 rings (SSSR count). The van der Waals surface area contributed by atoms with Crippen LogP contribution in [0, 0.1) is 0 Å². The van der Waals surface area contributed by atoms with Crippen LogP contribution in [0.25, 0.3) is 0 Å². The molecule has 12 heteroatoms. The maximum Gasteiger partial charge on any atom is 0.335 e. The van der Waals surface area contributed by atoms with Gasteiger partial charge in [-0.05, 0) is 0 Å². The van der Waals surface area contributed by atoms with Crippen molar-refractivity contribution < 1.29 is 54.4 Å². The predicted molar refractivity (Wildman–Crippen MR) is 79.6 cm³/mol. The van der Waals surface area contributed by atoms with E-state index in [1.807, 2.05) is 0 Å². The SMILES string of the molecule is CC(=O)N[C@@H]1COC(CO)[C@@H](O)C1O[C@@H]1OC(C(=O)O)[C@@H](O)C(O)[C@@H]1O. The van der Waals surface area contributed by atoms with Crippen LogP contribution in [0.2, 0.25) is 0 Å². The van der Waals surface area contributed by atoms with E-state index in [1.54, 1.807) is 0 Å². The van der Waals surface area contributed by atoms with Crippen molar-refractivity contribution in [1.29, 1.82) is 0 Å². The van der Waals surface area contributed by atoms with Gasteiger partial charge in [-0.25, -0.2) is 4.79 Å². The van der Waals surface area contributed by atoms with E-state index in [2.05, 4.69) is 5.32 Å². The lowest BCUT2D eigenvalue weighted by atomic mass is 9.96. The molecule has 7 N–H and O–H groups in total. The summed E-state index contributed by atoms with van der Waals surface area (Å²) in [6.07, 6.45) is -12.9. The van der Waals surface area contributed by atoms with E-state index in [0.717, 1.165) is 0 Å². The molecule has 2 heterocycles. The Kier molecular flexibility index (Phi) is 6.87. The third kappa shape index (κ3) is 4.29. The Morgan fingerprint density at radius 2 is 1.77 bits per heavy atom. The van der Waals surface area contributed by atoms with Crippen molar-refractivity contribution in [2.75, 3.05) is 13.2 Å². The molecule has 0 aromatic heterocycles. The lowest BCUT2D eigenvalue weighted by molar-refractivity contribution is -0.322. The molecule has 0 aromatic carbocycles. The lowest BCUT2D eigenvalue weighted by Crippen LogP contribution is -2.65. The average Bonchev–Trinajstić information content (AvgIpc) is 2.57. The van der Waals surface area contributed by atoms with E-state index in [-0.39, 0.29) is 6.61 Å². The summed E-state index contributed by atoms with van der Waals surface area (Å²) < 4.78 is 15.7. The number of carbonyl (C=O) groups is 2. The van der Waals surface area contributed by atoms with Crippen molar-refractivity contribution in [2.24, 2.45) is 0 Å². The van der Waals surface area contributed by atoms with Gasteiger partial charge in [0, 0.05) is 6.92 Å². The fourth-order valence-corrected chi connectivity index (χ4v) is 2.91. The molecule has 0 aromatic rings. The van der Waals surface area contributed by atoms with Crippen LogP contribution in [0.4, 0.5) is 0 Å². The van der Waals surface area contributed by atoms with E-state index in [1.165, 1.54) is 6.92 Å². The number of aliphatic hydroxyl groups is 5. The first kappa shape index (κ1) is 20.9. The quantitative estimate of drug-likeness (QED) is 0.242. The van der Waals surface area contributed by atoms with E-state index in [0.29, 0.717) is 0 Å². The van der Waals surface area contributed by atoms with Gasteiger partial charge in [-0.3, -0.25) is 4.79 Å². The van der Waals surface area contributed by atoms with Gasteiger partial charge in [-0.1, -0.05) is 0 Å². The molecule has 0 spiro atoms. The molecule has 9 atom stereocenters. The monoisotopic (exact) mass is 381 g/mol. The van der Waals surface area contributed by atoms with Gasteiger partial charge in [0.2, 0.25) is 5.91 Å². The zero-order chi connectivity index (χ0) is 19.6. The number of aliphatic carboxylic acids is 1. The fourth-order valence-electron chi connectivity index (χ4n) is 2.91. The van der Waals surface area contributed by atoms with Gasteiger partial charge < -0.3 is 50.2 Å². The smallest absolute Gasteiger partial charge is 0.335 e. The molecule has 12 nitrogen and oxygen atoms in total. The zero-order valence-electron chi connectivity index (χ0n) is 13.8. The van der Waals surface area contributed by atoms with Crippen LogP contribution in [-0.4, -0.2) is 111 Å². The van der Waals surface area contributed by atoms with Crippen LogP contribution < -0.4 is 5.32 Å². The van der Waals surface area contributed by atoms with Crippen LogP contribution >= 0.6 is 0 Å². The molecular weight excluding hydrogens is 358 g/mol. The third-order valence-corrected chi connectivity index (χ3v) is 4.28. The first-order chi connectivity index (χ1) is 12.2. The van der Waals surface area contributed by atoms with Crippen molar-refractivity contribution in [1.82, 2.24) is 5.32 Å². The molecule has 0 saturated carbocycles. The van der Waals surface area contributed by atoms with Gasteiger partial charge in [0.05, 0.1) is 19.3 Å². The van der Waals surface area contributed by atoms with E-state index >= 15 is 0 Å². The molecule has 2 aliphatic heterocycles. The Morgan fingerprint density at radius 3 is 2.31 bits per heavy atom. The molecule has 0 bridgehead atoms. The molecule has 150 valence electrons. The van der Waals surface area contributed by atoms with Gasteiger partial charge in [0.25, 0.3) is 0 Å². The normalized spacial score (nSPS) is 43.7. The molecule has 4 unspecified atom stereocenters. The van der Waals surface area contributed by atoms with Crippen LogP contribution in [-0.2, 0) is 23.8 Å². The highest BCUT2D eigenvalue weighted by molar-refractivity contribution is 5.73. The van der Waals surface area contributed by atoms with E-state index in [9.17, 15) is 35.1 Å². The number of ether oxygens (including phenoxy) is 3. The topological polar surface area (TPSA) is 195 Å². The molecule has 1 amide bonds. The summed E-state index contributed by atoms with van der Waals surface area (Å²) in [4.78, 5) is 22.5. The van der Waals surface area contributed by atoms with Gasteiger partial charge in [-0.15, -0.1) is 0 Å². The minimum atomic E-state index is -1.89. The lowest BCUT2D eigenvalue weighted by Gasteiger charge is -2.44. The van der Waals surface area contributed by atoms with Crippen molar-refractivity contribution in [2.45, 2.75) is 62.0 Å². The van der Waals surface area contributed by atoms with Gasteiger partial charge in [-0.2, -0.15) is 0 Å². The Bertz CT molecular complexity index is 517. The van der Waals surface area contributed by atoms with Gasteiger partial charge in [0.1, 0.15) is 36.6 Å². The maximum atomic E-state index is 11.3. The second-order valence-corrected chi connectivity index (χ2v) is 6.19. The largest absolute Gasteiger partial charge is 0.479 e. The summed E-state index contributed by atoms with van der Waals surface area (Å²) in [7, 11) is 0. The highest BCUT2D eigenvalue weighted by Crippen LogP contribution is 2.27. The predicted octanol–water partition coefficient (Wildman–Crippen LogP) is -4.48. The molecule has 0 aliphatic carbocycles. The highest BCUT2D eigenvalue weighted by atomic mass is 16.7. The maximum absolute atomic E-state index is 11.3. The number of hydrogen-bond donors (Lipinski definition) is 7. The van der Waals surface area contributed by atoms with Crippen molar-refractivity contribution in [3.63, 3.8) is 0 Å². The molecule has 2 fully saturated rings. The van der Waals surface area contributed by atoms with E-state index < -0.39 is 73.5 Å². The standard InChI is InChI=1S/C14H23NO11/c1-4(17)15-5-3-24-6(2-16)7(18)11(5)25-14-10(21)8(19)9(20)12(26-14)13(22)23/h5-12,14,16,18-21H,2-3H2,1H3,(H,15,17)(H,22,23)/t5-,6?,7-,8?,9+,10+,11?,12?,14-/m1/s1. The number of carboxylic acids is 1. The van der Waals surface area contributed by atoms with Crippen molar-refractivity contribution in [3.05, 3.63) is 0 Å². The van der Waals surface area contributed by atoms with E-state index in [4.69, 9.17) is 19.3 Å². The van der Waals surface area contributed by atoms with Crippen LogP contribution in [0.3, 0.4) is 0 Å². The molecular formula is C14H23NO11. The van der Waals surface area contributed by atoms with Crippen LogP contribution in [0.5, 0.6) is 0 Å². The molecule has 2 saturated heterocycles. The first-order valence-corrected chi connectivity index (χ1v) is 7.93. The second-order valence-electron chi connectivity index (χ2n) is 6.19. The summed E-state index contributed by atoms with van der Waals surface area (Å²) in [6.45, 7) is 0.526. The Labute approximate surface area is 147 Å². The Hall–Kier alpha value is -1.38. The number of carboxylic acid groups (broad SMARTS) is 1. The third-order valence-electron chi connectivity index (χ3n) is 4.28. The van der Waals surface area contributed by atoms with Crippen LogP contribution in [0.15, 0.2) is 0 Å². The molecule has 26 heavy (non-hydrogen) atoms. The number of carbonyl (C=O) groups excluding carboxylic acids is 1.